The summed E-state index contributed by atoms with van der Waals surface area (Å²) in [5.74, 6) is -5.96. The van der Waals surface area contributed by atoms with Crippen molar-refractivity contribution < 1.29 is 26.7 Å². The SMILES string of the molecule is CN(CC(F)(F)C(F)(F)F)C(=O)c1ccccc1-c1cncnc1. The Morgan fingerprint density at radius 3 is 2.25 bits per heavy atom. The Kier molecular flexibility index (Phi) is 4.81. The molecule has 0 aliphatic carbocycles. The van der Waals surface area contributed by atoms with Gasteiger partial charge in [0.2, 0.25) is 0 Å². The Morgan fingerprint density at radius 1 is 1.08 bits per heavy atom. The maximum absolute atomic E-state index is 13.1. The fourth-order valence-corrected chi connectivity index (χ4v) is 2.02. The summed E-state index contributed by atoms with van der Waals surface area (Å²) in [5, 5.41) is 0. The first-order valence-electron chi connectivity index (χ1n) is 6.68. The van der Waals surface area contributed by atoms with Crippen LogP contribution in [-0.4, -0.2) is 46.5 Å². The van der Waals surface area contributed by atoms with Gasteiger partial charge in [0, 0.05) is 30.6 Å². The summed E-state index contributed by atoms with van der Waals surface area (Å²) >= 11 is 0. The highest BCUT2D eigenvalue weighted by atomic mass is 19.4. The highest BCUT2D eigenvalue weighted by molar-refractivity contribution is 6.00. The van der Waals surface area contributed by atoms with E-state index in [0.29, 0.717) is 16.0 Å². The maximum atomic E-state index is 13.1. The number of nitrogens with zero attached hydrogens (tertiary/aromatic N) is 3. The molecule has 0 radical (unpaired) electrons. The third-order valence-corrected chi connectivity index (χ3v) is 3.23. The Labute approximate surface area is 134 Å². The summed E-state index contributed by atoms with van der Waals surface area (Å²) < 4.78 is 63.2. The van der Waals surface area contributed by atoms with Gasteiger partial charge < -0.3 is 4.90 Å². The monoisotopic (exact) mass is 345 g/mol. The summed E-state index contributed by atoms with van der Waals surface area (Å²) in [4.78, 5) is 20.3. The summed E-state index contributed by atoms with van der Waals surface area (Å²) in [6.07, 6.45) is -1.65. The zero-order chi connectivity index (χ0) is 18.0. The molecule has 4 nitrogen and oxygen atoms in total. The number of hydrogen-bond acceptors (Lipinski definition) is 3. The van der Waals surface area contributed by atoms with E-state index in [9.17, 15) is 26.7 Å². The molecule has 9 heteroatoms. The molecule has 1 heterocycles. The van der Waals surface area contributed by atoms with Crippen molar-refractivity contribution in [2.24, 2.45) is 0 Å². The second kappa shape index (κ2) is 6.50. The van der Waals surface area contributed by atoms with Crippen molar-refractivity contribution in [3.05, 3.63) is 48.5 Å². The van der Waals surface area contributed by atoms with Gasteiger partial charge in [-0.2, -0.15) is 22.0 Å². The number of benzene rings is 1. The van der Waals surface area contributed by atoms with Gasteiger partial charge in [-0.3, -0.25) is 4.79 Å². The van der Waals surface area contributed by atoms with Crippen LogP contribution in [0.15, 0.2) is 43.0 Å². The number of hydrogen-bond donors (Lipinski definition) is 0. The molecule has 2 aromatic rings. The molecule has 1 amide bonds. The fraction of sp³-hybridized carbons (Fsp3) is 0.267. The minimum Gasteiger partial charge on any atom is -0.335 e. The quantitative estimate of drug-likeness (QED) is 0.798. The van der Waals surface area contributed by atoms with E-state index < -0.39 is 24.6 Å². The van der Waals surface area contributed by atoms with Gasteiger partial charge in [-0.15, -0.1) is 0 Å². The first-order valence-corrected chi connectivity index (χ1v) is 6.68. The molecular weight excluding hydrogens is 333 g/mol. The molecule has 0 aliphatic rings. The number of rotatable bonds is 4. The molecule has 0 unspecified atom stereocenters. The molecule has 0 saturated carbocycles. The molecule has 0 fully saturated rings. The second-order valence-electron chi connectivity index (χ2n) is 5.04. The average molecular weight is 345 g/mol. The maximum Gasteiger partial charge on any atom is 0.455 e. The van der Waals surface area contributed by atoms with Gasteiger partial charge in [0.05, 0.1) is 6.54 Å². The summed E-state index contributed by atoms with van der Waals surface area (Å²) in [7, 11) is 0.889. The predicted octanol–water partition coefficient (Wildman–Crippen LogP) is 3.41. The van der Waals surface area contributed by atoms with Crippen molar-refractivity contribution >= 4 is 5.91 Å². The van der Waals surface area contributed by atoms with Crippen LogP contribution in [0, 0.1) is 0 Å². The van der Waals surface area contributed by atoms with Crippen LogP contribution in [0.4, 0.5) is 22.0 Å². The smallest absolute Gasteiger partial charge is 0.335 e. The normalized spacial score (nSPS) is 12.1. The highest BCUT2D eigenvalue weighted by Crippen LogP contribution is 2.36. The van der Waals surface area contributed by atoms with E-state index in [2.05, 4.69) is 9.97 Å². The predicted molar refractivity (Wildman–Crippen MR) is 75.4 cm³/mol. The standard InChI is InChI=1S/C15H12F5N3O/c1-23(8-14(16,17)15(18,19)20)13(24)12-5-3-2-4-11(12)10-6-21-9-22-7-10/h2-7,9H,8H2,1H3. The topological polar surface area (TPSA) is 46.1 Å². The van der Waals surface area contributed by atoms with Crippen LogP contribution < -0.4 is 0 Å². The third kappa shape index (κ3) is 3.66. The summed E-state index contributed by atoms with van der Waals surface area (Å²) in [6, 6.07) is 5.95. The molecule has 2 rings (SSSR count). The van der Waals surface area contributed by atoms with E-state index in [1.54, 1.807) is 6.07 Å². The molecule has 0 N–H and O–H groups in total. The molecule has 128 valence electrons. The van der Waals surface area contributed by atoms with Gasteiger partial charge >= 0.3 is 12.1 Å². The molecule has 0 spiro atoms. The number of aromatic nitrogens is 2. The lowest BCUT2D eigenvalue weighted by Crippen LogP contribution is -2.47. The number of carbonyl (C=O) groups excluding carboxylic acids is 1. The minimum atomic E-state index is -5.73. The van der Waals surface area contributed by atoms with Gasteiger partial charge in [0.15, 0.2) is 0 Å². The molecule has 0 saturated heterocycles. The van der Waals surface area contributed by atoms with Crippen molar-refractivity contribution in [1.82, 2.24) is 14.9 Å². The fourth-order valence-electron chi connectivity index (χ4n) is 2.02. The number of alkyl halides is 5. The number of halogens is 5. The van der Waals surface area contributed by atoms with Gasteiger partial charge in [-0.25, -0.2) is 9.97 Å². The molecule has 0 atom stereocenters. The van der Waals surface area contributed by atoms with Crippen molar-refractivity contribution in [2.45, 2.75) is 12.1 Å². The van der Waals surface area contributed by atoms with E-state index in [-0.39, 0.29) is 5.56 Å². The van der Waals surface area contributed by atoms with Crippen LogP contribution in [0.2, 0.25) is 0 Å². The molecule has 24 heavy (non-hydrogen) atoms. The van der Waals surface area contributed by atoms with Crippen molar-refractivity contribution in [2.75, 3.05) is 13.6 Å². The number of amides is 1. The zero-order valence-electron chi connectivity index (χ0n) is 12.4. The van der Waals surface area contributed by atoms with Crippen LogP contribution in [0.5, 0.6) is 0 Å². The number of carbonyl (C=O) groups is 1. The Bertz CT molecular complexity index is 719. The van der Waals surface area contributed by atoms with Gasteiger partial charge in [0.25, 0.3) is 5.91 Å². The van der Waals surface area contributed by atoms with Crippen LogP contribution in [0.1, 0.15) is 10.4 Å². The molecule has 0 bridgehead atoms. The molecule has 0 aliphatic heterocycles. The van der Waals surface area contributed by atoms with E-state index in [1.165, 1.54) is 36.9 Å². The van der Waals surface area contributed by atoms with Gasteiger partial charge in [-0.05, 0) is 11.6 Å². The van der Waals surface area contributed by atoms with E-state index in [4.69, 9.17) is 0 Å². The zero-order valence-corrected chi connectivity index (χ0v) is 12.4. The lowest BCUT2D eigenvalue weighted by Gasteiger charge is -2.26. The summed E-state index contributed by atoms with van der Waals surface area (Å²) in [6.45, 7) is -1.77. The Balaban J connectivity index is 2.31. The first-order chi connectivity index (χ1) is 11.1. The second-order valence-corrected chi connectivity index (χ2v) is 5.04. The lowest BCUT2D eigenvalue weighted by atomic mass is 10.0. The van der Waals surface area contributed by atoms with E-state index in [1.807, 2.05) is 0 Å². The van der Waals surface area contributed by atoms with Crippen LogP contribution >= 0.6 is 0 Å². The van der Waals surface area contributed by atoms with Crippen molar-refractivity contribution in [3.8, 4) is 11.1 Å². The highest BCUT2D eigenvalue weighted by Gasteiger charge is 2.58. The molecule has 1 aromatic heterocycles. The van der Waals surface area contributed by atoms with Crippen LogP contribution in [-0.2, 0) is 0 Å². The Hall–Kier alpha value is -2.58. The van der Waals surface area contributed by atoms with Crippen molar-refractivity contribution in [3.63, 3.8) is 0 Å². The molecule has 1 aromatic carbocycles. The first kappa shape index (κ1) is 17.8. The largest absolute Gasteiger partial charge is 0.455 e. The van der Waals surface area contributed by atoms with Crippen molar-refractivity contribution in [1.29, 1.82) is 0 Å². The average Bonchev–Trinajstić information content (AvgIpc) is 2.53. The Morgan fingerprint density at radius 2 is 1.67 bits per heavy atom. The van der Waals surface area contributed by atoms with E-state index in [0.717, 1.165) is 7.05 Å². The van der Waals surface area contributed by atoms with Gasteiger partial charge in [-0.1, -0.05) is 18.2 Å². The molecular formula is C15H12F5N3O. The van der Waals surface area contributed by atoms with E-state index >= 15 is 0 Å². The van der Waals surface area contributed by atoms with Gasteiger partial charge in [0.1, 0.15) is 6.33 Å². The minimum absolute atomic E-state index is 0.0206. The summed E-state index contributed by atoms with van der Waals surface area (Å²) in [5.41, 5.74) is 0.760. The van der Waals surface area contributed by atoms with Crippen LogP contribution in [0.25, 0.3) is 11.1 Å². The third-order valence-electron chi connectivity index (χ3n) is 3.23. The lowest BCUT2D eigenvalue weighted by molar-refractivity contribution is -0.283. The van der Waals surface area contributed by atoms with Crippen LogP contribution in [0.3, 0.4) is 0 Å².